The Morgan fingerprint density at radius 2 is 1.90 bits per heavy atom. The quantitative estimate of drug-likeness (QED) is 0.704. The summed E-state index contributed by atoms with van der Waals surface area (Å²) < 4.78 is 1.00. The molecule has 2 rings (SSSR count). The molecule has 110 valence electrons. The van der Waals surface area contributed by atoms with Crippen molar-refractivity contribution in [1.29, 1.82) is 0 Å². The molecule has 1 N–H and O–H groups in total. The molecule has 1 fully saturated rings. The summed E-state index contributed by atoms with van der Waals surface area (Å²) in [5.74, 6) is -0.508. The topological polar surface area (TPSA) is 37.3 Å². The summed E-state index contributed by atoms with van der Waals surface area (Å²) in [6.45, 7) is 0. The number of aliphatic carboxylic acids is 1. The van der Waals surface area contributed by atoms with Gasteiger partial charge < -0.3 is 5.11 Å². The number of benzene rings is 1. The normalized spacial score (nSPS) is 19.6. The lowest BCUT2D eigenvalue weighted by molar-refractivity contribution is -0.136. The van der Waals surface area contributed by atoms with Crippen LogP contribution in [0.15, 0.2) is 22.7 Å². The molecule has 0 radical (unpaired) electrons. The second kappa shape index (κ2) is 7.15. The maximum atomic E-state index is 10.9. The van der Waals surface area contributed by atoms with Crippen LogP contribution >= 0.6 is 39.1 Å². The standard InChI is InChI=1S/C15H17BrCl2O2/c16-12-8-10(13(17)14(18)15(19)20)6-7-11(12)9-4-2-1-3-5-9/h6-9,13-14H,1-5H2,(H,19,20). The number of carboxylic acid groups (broad SMARTS) is 1. The third-order valence-corrected chi connectivity index (χ3v) is 5.64. The van der Waals surface area contributed by atoms with E-state index in [4.69, 9.17) is 28.3 Å². The maximum Gasteiger partial charge on any atom is 0.323 e. The van der Waals surface area contributed by atoms with E-state index in [2.05, 4.69) is 22.0 Å². The van der Waals surface area contributed by atoms with Crippen LogP contribution in [-0.2, 0) is 4.79 Å². The van der Waals surface area contributed by atoms with Gasteiger partial charge in [0, 0.05) is 4.47 Å². The largest absolute Gasteiger partial charge is 0.480 e. The molecule has 2 atom stereocenters. The van der Waals surface area contributed by atoms with E-state index >= 15 is 0 Å². The third kappa shape index (κ3) is 3.69. The van der Waals surface area contributed by atoms with Crippen molar-refractivity contribution in [3.05, 3.63) is 33.8 Å². The Hall–Kier alpha value is -0.250. The summed E-state index contributed by atoms with van der Waals surface area (Å²) in [5, 5.41) is 7.06. The van der Waals surface area contributed by atoms with Gasteiger partial charge >= 0.3 is 5.97 Å². The number of hydrogen-bond donors (Lipinski definition) is 1. The van der Waals surface area contributed by atoms with E-state index in [0.29, 0.717) is 5.92 Å². The molecule has 5 heteroatoms. The van der Waals surface area contributed by atoms with Crippen molar-refractivity contribution in [3.8, 4) is 0 Å². The number of rotatable bonds is 4. The van der Waals surface area contributed by atoms with Crippen molar-refractivity contribution in [2.45, 2.75) is 48.8 Å². The van der Waals surface area contributed by atoms with Crippen molar-refractivity contribution < 1.29 is 9.90 Å². The van der Waals surface area contributed by atoms with E-state index in [0.717, 1.165) is 10.0 Å². The minimum absolute atomic E-state index is 0.590. The molecule has 2 unspecified atom stereocenters. The zero-order valence-electron chi connectivity index (χ0n) is 11.0. The fraction of sp³-hybridized carbons (Fsp3) is 0.533. The zero-order chi connectivity index (χ0) is 14.7. The Kier molecular flexibility index (Phi) is 5.76. The molecular weight excluding hydrogens is 363 g/mol. The number of carboxylic acids is 1. The Bertz CT molecular complexity index is 487. The molecule has 0 saturated heterocycles. The Balaban J connectivity index is 2.18. The summed E-state index contributed by atoms with van der Waals surface area (Å²) in [7, 11) is 0. The Labute approximate surface area is 137 Å². The predicted molar refractivity (Wildman–Crippen MR) is 85.8 cm³/mol. The Morgan fingerprint density at radius 3 is 2.45 bits per heavy atom. The highest BCUT2D eigenvalue weighted by Gasteiger charge is 2.26. The van der Waals surface area contributed by atoms with E-state index < -0.39 is 16.7 Å². The molecule has 1 aliphatic rings. The molecule has 0 aliphatic heterocycles. The maximum absolute atomic E-state index is 10.9. The molecule has 0 bridgehead atoms. The summed E-state index contributed by atoms with van der Waals surface area (Å²) >= 11 is 15.5. The van der Waals surface area contributed by atoms with Crippen molar-refractivity contribution in [2.24, 2.45) is 0 Å². The first-order valence-corrected chi connectivity index (χ1v) is 8.47. The number of alkyl halides is 2. The van der Waals surface area contributed by atoms with Crippen LogP contribution in [0.5, 0.6) is 0 Å². The highest BCUT2D eigenvalue weighted by molar-refractivity contribution is 9.10. The Morgan fingerprint density at radius 1 is 1.25 bits per heavy atom. The zero-order valence-corrected chi connectivity index (χ0v) is 14.1. The molecule has 20 heavy (non-hydrogen) atoms. The van der Waals surface area contributed by atoms with Gasteiger partial charge in [0.15, 0.2) is 5.38 Å². The van der Waals surface area contributed by atoms with E-state index in [1.165, 1.54) is 37.7 Å². The summed E-state index contributed by atoms with van der Waals surface area (Å²) in [6, 6.07) is 5.85. The van der Waals surface area contributed by atoms with Crippen LogP contribution in [0, 0.1) is 0 Å². The second-order valence-corrected chi connectivity index (χ2v) is 7.05. The lowest BCUT2D eigenvalue weighted by Crippen LogP contribution is -2.19. The minimum Gasteiger partial charge on any atom is -0.480 e. The van der Waals surface area contributed by atoms with Gasteiger partial charge in [-0.1, -0.05) is 47.3 Å². The molecular formula is C15H17BrCl2O2. The monoisotopic (exact) mass is 378 g/mol. The number of carbonyl (C=O) groups is 1. The summed E-state index contributed by atoms with van der Waals surface area (Å²) in [5.41, 5.74) is 2.03. The van der Waals surface area contributed by atoms with Gasteiger partial charge in [-0.05, 0) is 36.0 Å². The van der Waals surface area contributed by atoms with E-state index in [9.17, 15) is 4.79 Å². The highest BCUT2D eigenvalue weighted by atomic mass is 79.9. The second-order valence-electron chi connectivity index (χ2n) is 5.26. The van der Waals surface area contributed by atoms with E-state index in [1.54, 1.807) is 0 Å². The van der Waals surface area contributed by atoms with Gasteiger partial charge in [0.1, 0.15) is 0 Å². The molecule has 0 amide bonds. The SMILES string of the molecule is O=C(O)C(Cl)C(Cl)c1ccc(C2CCCCC2)c(Br)c1. The fourth-order valence-electron chi connectivity index (χ4n) is 2.75. The van der Waals surface area contributed by atoms with Crippen LogP contribution < -0.4 is 0 Å². The first-order chi connectivity index (χ1) is 9.50. The van der Waals surface area contributed by atoms with Gasteiger partial charge in [0.05, 0.1) is 5.38 Å². The van der Waals surface area contributed by atoms with Crippen LogP contribution in [-0.4, -0.2) is 16.5 Å². The molecule has 1 aromatic rings. The van der Waals surface area contributed by atoms with Gasteiger partial charge in [0.25, 0.3) is 0 Å². The van der Waals surface area contributed by atoms with Crippen LogP contribution in [0.1, 0.15) is 54.5 Å². The van der Waals surface area contributed by atoms with E-state index in [-0.39, 0.29) is 0 Å². The molecule has 0 heterocycles. The van der Waals surface area contributed by atoms with Gasteiger partial charge in [-0.2, -0.15) is 0 Å². The van der Waals surface area contributed by atoms with Gasteiger partial charge in [-0.3, -0.25) is 4.79 Å². The van der Waals surface area contributed by atoms with Crippen molar-refractivity contribution in [2.75, 3.05) is 0 Å². The van der Waals surface area contributed by atoms with Crippen LogP contribution in [0.4, 0.5) is 0 Å². The highest BCUT2D eigenvalue weighted by Crippen LogP contribution is 2.38. The van der Waals surface area contributed by atoms with Crippen molar-refractivity contribution in [1.82, 2.24) is 0 Å². The average molecular weight is 380 g/mol. The van der Waals surface area contributed by atoms with Crippen LogP contribution in [0.25, 0.3) is 0 Å². The smallest absolute Gasteiger partial charge is 0.323 e. The first kappa shape index (κ1) is 16.1. The van der Waals surface area contributed by atoms with Crippen LogP contribution in [0.2, 0.25) is 0 Å². The molecule has 0 spiro atoms. The van der Waals surface area contributed by atoms with Crippen LogP contribution in [0.3, 0.4) is 0 Å². The number of halogens is 3. The molecule has 1 aromatic carbocycles. The number of hydrogen-bond acceptors (Lipinski definition) is 1. The molecule has 2 nitrogen and oxygen atoms in total. The predicted octanol–water partition coefficient (Wildman–Crippen LogP) is 5.47. The summed E-state index contributed by atoms with van der Waals surface area (Å²) in [4.78, 5) is 10.9. The molecule has 1 saturated carbocycles. The minimum atomic E-state index is -1.12. The average Bonchev–Trinajstić information content (AvgIpc) is 2.46. The van der Waals surface area contributed by atoms with Gasteiger partial charge in [-0.25, -0.2) is 0 Å². The lowest BCUT2D eigenvalue weighted by Gasteiger charge is -2.24. The fourth-order valence-corrected chi connectivity index (χ4v) is 3.86. The molecule has 0 aromatic heterocycles. The summed E-state index contributed by atoms with van der Waals surface area (Å²) in [6.07, 6.45) is 6.31. The third-order valence-electron chi connectivity index (χ3n) is 3.88. The first-order valence-electron chi connectivity index (χ1n) is 6.81. The van der Waals surface area contributed by atoms with E-state index in [1.807, 2.05) is 12.1 Å². The van der Waals surface area contributed by atoms with Gasteiger partial charge in [-0.15, -0.1) is 23.2 Å². The van der Waals surface area contributed by atoms with Gasteiger partial charge in [0.2, 0.25) is 0 Å². The van der Waals surface area contributed by atoms with Crippen molar-refractivity contribution in [3.63, 3.8) is 0 Å². The molecule has 1 aliphatic carbocycles. The van der Waals surface area contributed by atoms with Crippen molar-refractivity contribution >= 4 is 45.1 Å². The lowest BCUT2D eigenvalue weighted by atomic mass is 9.84.